The fraction of sp³-hybridized carbons (Fsp3) is 0.429. The van der Waals surface area contributed by atoms with E-state index in [1.807, 2.05) is 25.7 Å². The second-order valence-corrected chi connectivity index (χ2v) is 8.10. The third-order valence-corrected chi connectivity index (χ3v) is 4.76. The highest BCUT2D eigenvalue weighted by Crippen LogP contribution is 2.21. The summed E-state index contributed by atoms with van der Waals surface area (Å²) in [6.07, 6.45) is 4.33. The van der Waals surface area contributed by atoms with Gasteiger partial charge in [0.1, 0.15) is 5.82 Å². The van der Waals surface area contributed by atoms with Gasteiger partial charge in [-0.2, -0.15) is 0 Å². The van der Waals surface area contributed by atoms with Gasteiger partial charge in [0, 0.05) is 42.5 Å². The maximum atomic E-state index is 13.3. The Morgan fingerprint density at radius 2 is 1.79 bits per heavy atom. The molecular formula is C21H25FN4O2. The Morgan fingerprint density at radius 1 is 1.14 bits per heavy atom. The van der Waals surface area contributed by atoms with Crippen molar-refractivity contribution in [2.75, 3.05) is 13.1 Å². The van der Waals surface area contributed by atoms with Gasteiger partial charge in [0.15, 0.2) is 5.82 Å². The number of hydrogen-bond donors (Lipinski definition) is 1. The fourth-order valence-corrected chi connectivity index (χ4v) is 3.19. The molecule has 0 spiro atoms. The summed E-state index contributed by atoms with van der Waals surface area (Å²) < 4.78 is 13.3. The van der Waals surface area contributed by atoms with Crippen LogP contribution in [0.1, 0.15) is 44.0 Å². The number of nitrogens with zero attached hydrogens (tertiary/aromatic N) is 3. The van der Waals surface area contributed by atoms with Gasteiger partial charge in [-0.1, -0.05) is 32.9 Å². The Hall–Kier alpha value is -2.83. The lowest BCUT2D eigenvalue weighted by molar-refractivity contribution is -0.140. The van der Waals surface area contributed by atoms with Crippen molar-refractivity contribution in [1.82, 2.24) is 20.2 Å². The molecule has 0 bridgehead atoms. The van der Waals surface area contributed by atoms with E-state index in [0.29, 0.717) is 30.0 Å². The standard InChI is InChI=1S/C21H25FN4O2/c1-21(2,3)20(28)26-9-7-17(8-10-26)25-19(27)15-12-23-18(24-13-15)14-5-4-6-16(22)11-14/h4-6,11-13,17H,7-10H2,1-3H3,(H,25,27). The largest absolute Gasteiger partial charge is 0.349 e. The molecule has 0 radical (unpaired) electrons. The summed E-state index contributed by atoms with van der Waals surface area (Å²) in [5.74, 6) is -0.103. The van der Waals surface area contributed by atoms with Crippen molar-refractivity contribution in [2.45, 2.75) is 39.7 Å². The van der Waals surface area contributed by atoms with Gasteiger partial charge in [0.25, 0.3) is 5.91 Å². The van der Waals surface area contributed by atoms with Gasteiger partial charge < -0.3 is 10.2 Å². The van der Waals surface area contributed by atoms with Gasteiger partial charge >= 0.3 is 0 Å². The number of carbonyl (C=O) groups excluding carboxylic acids is 2. The van der Waals surface area contributed by atoms with Crippen LogP contribution in [0.3, 0.4) is 0 Å². The highest BCUT2D eigenvalue weighted by atomic mass is 19.1. The second kappa shape index (κ2) is 8.04. The third-order valence-electron chi connectivity index (χ3n) is 4.76. The van der Waals surface area contributed by atoms with Gasteiger partial charge in [0.05, 0.1) is 5.56 Å². The van der Waals surface area contributed by atoms with E-state index in [0.717, 1.165) is 12.8 Å². The Kier molecular flexibility index (Phi) is 5.72. The molecule has 1 aliphatic heterocycles. The van der Waals surface area contributed by atoms with E-state index < -0.39 is 5.41 Å². The molecular weight excluding hydrogens is 359 g/mol. The molecule has 6 nitrogen and oxygen atoms in total. The summed E-state index contributed by atoms with van der Waals surface area (Å²) >= 11 is 0. The van der Waals surface area contributed by atoms with Crippen molar-refractivity contribution in [3.05, 3.63) is 48.0 Å². The molecule has 1 N–H and O–H groups in total. The van der Waals surface area contributed by atoms with Gasteiger partial charge in [0.2, 0.25) is 5.91 Å². The van der Waals surface area contributed by atoms with Gasteiger partial charge in [-0.3, -0.25) is 9.59 Å². The first-order chi connectivity index (χ1) is 13.2. The zero-order chi connectivity index (χ0) is 20.3. The van der Waals surface area contributed by atoms with E-state index in [9.17, 15) is 14.0 Å². The monoisotopic (exact) mass is 384 g/mol. The van der Waals surface area contributed by atoms with Crippen molar-refractivity contribution in [3.63, 3.8) is 0 Å². The number of piperidine rings is 1. The number of likely N-dealkylation sites (tertiary alicyclic amines) is 1. The quantitative estimate of drug-likeness (QED) is 0.883. The second-order valence-electron chi connectivity index (χ2n) is 8.10. The summed E-state index contributed by atoms with van der Waals surface area (Å²) in [5, 5.41) is 2.98. The van der Waals surface area contributed by atoms with E-state index in [1.165, 1.54) is 24.5 Å². The fourth-order valence-electron chi connectivity index (χ4n) is 3.19. The van der Waals surface area contributed by atoms with Crippen LogP contribution in [0.15, 0.2) is 36.7 Å². The number of benzene rings is 1. The number of amides is 2. The molecule has 1 fully saturated rings. The first-order valence-corrected chi connectivity index (χ1v) is 9.42. The lowest BCUT2D eigenvalue weighted by Gasteiger charge is -2.36. The summed E-state index contributed by atoms with van der Waals surface area (Å²) in [6, 6.07) is 6.02. The van der Waals surface area contributed by atoms with Crippen LogP contribution < -0.4 is 5.32 Å². The lowest BCUT2D eigenvalue weighted by atomic mass is 9.93. The molecule has 2 aromatic rings. The van der Waals surface area contributed by atoms with Crippen LogP contribution in [0, 0.1) is 11.2 Å². The van der Waals surface area contributed by atoms with Crippen LogP contribution in [0.2, 0.25) is 0 Å². The number of nitrogens with one attached hydrogen (secondary N) is 1. The topological polar surface area (TPSA) is 75.2 Å². The highest BCUT2D eigenvalue weighted by Gasteiger charge is 2.30. The first kappa shape index (κ1) is 19.9. The molecule has 148 valence electrons. The average molecular weight is 384 g/mol. The molecule has 7 heteroatoms. The summed E-state index contributed by atoms with van der Waals surface area (Å²) in [4.78, 5) is 35.0. The minimum Gasteiger partial charge on any atom is -0.349 e. The van der Waals surface area contributed by atoms with Crippen LogP contribution in [0.4, 0.5) is 4.39 Å². The molecule has 0 aliphatic carbocycles. The molecule has 1 aliphatic rings. The number of hydrogen-bond acceptors (Lipinski definition) is 4. The van der Waals surface area contributed by atoms with Crippen LogP contribution in [0.25, 0.3) is 11.4 Å². The minimum atomic E-state index is -0.392. The third kappa shape index (κ3) is 4.71. The van der Waals surface area contributed by atoms with Gasteiger partial charge in [-0.25, -0.2) is 14.4 Å². The Morgan fingerprint density at radius 3 is 2.36 bits per heavy atom. The molecule has 1 aromatic carbocycles. The maximum absolute atomic E-state index is 13.3. The van der Waals surface area contributed by atoms with E-state index in [4.69, 9.17) is 0 Å². The molecule has 2 heterocycles. The number of carbonyl (C=O) groups is 2. The molecule has 1 aromatic heterocycles. The molecule has 1 saturated heterocycles. The van der Waals surface area contributed by atoms with Crippen LogP contribution in [-0.2, 0) is 4.79 Å². The normalized spacial score (nSPS) is 15.4. The van der Waals surface area contributed by atoms with Crippen LogP contribution >= 0.6 is 0 Å². The number of halogens is 1. The maximum Gasteiger partial charge on any atom is 0.254 e. The minimum absolute atomic E-state index is 0.0133. The first-order valence-electron chi connectivity index (χ1n) is 9.42. The van der Waals surface area contributed by atoms with Gasteiger partial charge in [-0.05, 0) is 25.0 Å². The molecule has 0 atom stereocenters. The van der Waals surface area contributed by atoms with E-state index in [-0.39, 0.29) is 23.7 Å². The Labute approximate surface area is 164 Å². The predicted octanol–water partition coefficient (Wildman–Crippen LogP) is 3.05. The number of rotatable bonds is 3. The smallest absolute Gasteiger partial charge is 0.254 e. The predicted molar refractivity (Wildman–Crippen MR) is 104 cm³/mol. The zero-order valence-corrected chi connectivity index (χ0v) is 16.4. The van der Waals surface area contributed by atoms with Crippen molar-refractivity contribution in [1.29, 1.82) is 0 Å². The average Bonchev–Trinajstić information content (AvgIpc) is 2.67. The van der Waals surface area contributed by atoms with Crippen molar-refractivity contribution in [3.8, 4) is 11.4 Å². The van der Waals surface area contributed by atoms with Gasteiger partial charge in [-0.15, -0.1) is 0 Å². The zero-order valence-electron chi connectivity index (χ0n) is 16.4. The molecule has 2 amide bonds. The molecule has 0 saturated carbocycles. The van der Waals surface area contributed by atoms with Crippen LogP contribution in [0.5, 0.6) is 0 Å². The van der Waals surface area contributed by atoms with Crippen molar-refractivity contribution < 1.29 is 14.0 Å². The summed E-state index contributed by atoms with van der Waals surface area (Å²) in [6.45, 7) is 7.01. The SMILES string of the molecule is CC(C)(C)C(=O)N1CCC(NC(=O)c2cnc(-c3cccc(F)c3)nc2)CC1. The van der Waals surface area contributed by atoms with Crippen LogP contribution in [-0.4, -0.2) is 45.8 Å². The molecule has 28 heavy (non-hydrogen) atoms. The van der Waals surface area contributed by atoms with E-state index in [1.54, 1.807) is 12.1 Å². The summed E-state index contributed by atoms with van der Waals surface area (Å²) in [7, 11) is 0. The Bertz CT molecular complexity index is 853. The van der Waals surface area contributed by atoms with Crippen molar-refractivity contribution >= 4 is 11.8 Å². The Balaban J connectivity index is 1.56. The van der Waals surface area contributed by atoms with E-state index >= 15 is 0 Å². The van der Waals surface area contributed by atoms with E-state index in [2.05, 4.69) is 15.3 Å². The summed E-state index contributed by atoms with van der Waals surface area (Å²) in [5.41, 5.74) is 0.521. The highest BCUT2D eigenvalue weighted by molar-refractivity contribution is 5.94. The lowest BCUT2D eigenvalue weighted by Crippen LogP contribution is -2.49. The van der Waals surface area contributed by atoms with Crippen molar-refractivity contribution in [2.24, 2.45) is 5.41 Å². The molecule has 3 rings (SSSR count). The molecule has 0 unspecified atom stereocenters. The number of aromatic nitrogens is 2.